The fourth-order valence-electron chi connectivity index (χ4n) is 4.50. The van der Waals surface area contributed by atoms with Crippen LogP contribution in [0.3, 0.4) is 0 Å². The van der Waals surface area contributed by atoms with Crippen LogP contribution in [0, 0.1) is 0 Å². The molecule has 37 heavy (non-hydrogen) atoms. The zero-order chi connectivity index (χ0) is 26.0. The second-order valence-corrected chi connectivity index (χ2v) is 8.82. The van der Waals surface area contributed by atoms with E-state index in [4.69, 9.17) is 9.47 Å². The van der Waals surface area contributed by atoms with Gasteiger partial charge in [0.15, 0.2) is 0 Å². The van der Waals surface area contributed by atoms with E-state index in [9.17, 15) is 9.59 Å². The number of methoxy groups -OCH3 is 1. The van der Waals surface area contributed by atoms with E-state index in [0.29, 0.717) is 12.1 Å². The Labute approximate surface area is 218 Å². The SMILES string of the molecule is COC(=O)C(OC(=O)c1ccccc1)C(c1ccccc1)N(Cc1ccccc1)C(C)c1ccccc1. The topological polar surface area (TPSA) is 55.8 Å². The van der Waals surface area contributed by atoms with Gasteiger partial charge in [0.2, 0.25) is 6.10 Å². The van der Waals surface area contributed by atoms with Crippen molar-refractivity contribution < 1.29 is 19.1 Å². The largest absolute Gasteiger partial charge is 0.466 e. The van der Waals surface area contributed by atoms with E-state index in [2.05, 4.69) is 36.1 Å². The van der Waals surface area contributed by atoms with Crippen molar-refractivity contribution in [1.82, 2.24) is 4.90 Å². The van der Waals surface area contributed by atoms with Gasteiger partial charge in [0.1, 0.15) is 0 Å². The van der Waals surface area contributed by atoms with Crippen LogP contribution in [0.15, 0.2) is 121 Å². The Morgan fingerprint density at radius 1 is 0.703 bits per heavy atom. The van der Waals surface area contributed by atoms with E-state index in [0.717, 1.165) is 16.7 Å². The normalized spacial score (nSPS) is 13.4. The molecular formula is C32H31NO4. The molecule has 0 fully saturated rings. The molecule has 5 nitrogen and oxygen atoms in total. The van der Waals surface area contributed by atoms with E-state index in [1.807, 2.05) is 72.8 Å². The van der Waals surface area contributed by atoms with E-state index in [-0.39, 0.29) is 6.04 Å². The van der Waals surface area contributed by atoms with Crippen molar-refractivity contribution in [2.75, 3.05) is 7.11 Å². The first-order valence-corrected chi connectivity index (χ1v) is 12.3. The fraction of sp³-hybridized carbons (Fsp3) is 0.188. The molecule has 5 heteroatoms. The number of benzene rings is 4. The van der Waals surface area contributed by atoms with Crippen molar-refractivity contribution in [2.24, 2.45) is 0 Å². The van der Waals surface area contributed by atoms with Crippen LogP contribution in [0.4, 0.5) is 0 Å². The first-order valence-electron chi connectivity index (χ1n) is 12.3. The van der Waals surface area contributed by atoms with Crippen LogP contribution in [-0.2, 0) is 20.8 Å². The molecule has 4 rings (SSSR count). The van der Waals surface area contributed by atoms with Gasteiger partial charge in [-0.05, 0) is 35.7 Å². The minimum Gasteiger partial charge on any atom is -0.466 e. The molecule has 0 bridgehead atoms. The Morgan fingerprint density at radius 3 is 1.73 bits per heavy atom. The molecular weight excluding hydrogens is 462 g/mol. The number of hydrogen-bond donors (Lipinski definition) is 0. The molecule has 0 aliphatic carbocycles. The molecule has 4 aromatic rings. The standard InChI is InChI=1S/C32H31NO4/c1-24(26-17-9-4-10-18-26)33(23-25-15-7-3-8-16-25)29(27-19-11-5-12-20-27)30(32(35)36-2)37-31(34)28-21-13-6-14-22-28/h3-22,24,29-30H,23H2,1-2H3. The minimum absolute atomic E-state index is 0.116. The lowest BCUT2D eigenvalue weighted by molar-refractivity contribution is -0.156. The maximum atomic E-state index is 13.3. The predicted octanol–water partition coefficient (Wildman–Crippen LogP) is 6.39. The van der Waals surface area contributed by atoms with Crippen molar-refractivity contribution in [3.05, 3.63) is 144 Å². The molecule has 0 radical (unpaired) electrons. The quantitative estimate of drug-likeness (QED) is 0.240. The third kappa shape index (κ3) is 6.51. The summed E-state index contributed by atoms with van der Waals surface area (Å²) in [6.45, 7) is 2.62. The lowest BCUT2D eigenvalue weighted by Gasteiger charge is -2.40. The maximum absolute atomic E-state index is 13.3. The van der Waals surface area contributed by atoms with E-state index in [1.165, 1.54) is 7.11 Å². The molecule has 0 spiro atoms. The van der Waals surface area contributed by atoms with Gasteiger partial charge in [0.25, 0.3) is 0 Å². The summed E-state index contributed by atoms with van der Waals surface area (Å²) in [7, 11) is 1.32. The molecule has 3 unspecified atom stereocenters. The summed E-state index contributed by atoms with van der Waals surface area (Å²) in [5, 5.41) is 0. The number of esters is 2. The molecule has 0 saturated heterocycles. The number of nitrogens with zero attached hydrogens (tertiary/aromatic N) is 1. The fourth-order valence-corrected chi connectivity index (χ4v) is 4.50. The van der Waals surface area contributed by atoms with Crippen LogP contribution >= 0.6 is 0 Å². The molecule has 0 aromatic heterocycles. The highest BCUT2D eigenvalue weighted by atomic mass is 16.6. The number of ether oxygens (including phenoxy) is 2. The first-order chi connectivity index (χ1) is 18.1. The number of hydrogen-bond acceptors (Lipinski definition) is 5. The highest BCUT2D eigenvalue weighted by Crippen LogP contribution is 2.36. The van der Waals surface area contributed by atoms with Gasteiger partial charge in [-0.25, -0.2) is 9.59 Å². The molecule has 0 aliphatic heterocycles. The predicted molar refractivity (Wildman–Crippen MR) is 144 cm³/mol. The third-order valence-electron chi connectivity index (χ3n) is 6.45. The summed E-state index contributed by atoms with van der Waals surface area (Å²) < 4.78 is 11.1. The van der Waals surface area contributed by atoms with Crippen LogP contribution in [0.25, 0.3) is 0 Å². The van der Waals surface area contributed by atoms with Crippen LogP contribution < -0.4 is 0 Å². The van der Waals surface area contributed by atoms with Crippen LogP contribution in [0.2, 0.25) is 0 Å². The average molecular weight is 494 g/mol. The number of carbonyl (C=O) groups is 2. The van der Waals surface area contributed by atoms with Crippen LogP contribution in [0.5, 0.6) is 0 Å². The maximum Gasteiger partial charge on any atom is 0.349 e. The Kier molecular flexibility index (Phi) is 8.84. The molecule has 3 atom stereocenters. The molecule has 0 amide bonds. The first kappa shape index (κ1) is 25.9. The van der Waals surface area contributed by atoms with Gasteiger partial charge in [-0.3, -0.25) is 4.90 Å². The van der Waals surface area contributed by atoms with Gasteiger partial charge in [-0.2, -0.15) is 0 Å². The second kappa shape index (κ2) is 12.7. The molecule has 0 heterocycles. The Morgan fingerprint density at radius 2 is 1.19 bits per heavy atom. The highest BCUT2D eigenvalue weighted by Gasteiger charge is 2.40. The summed E-state index contributed by atoms with van der Waals surface area (Å²) in [4.78, 5) is 28.7. The molecule has 0 saturated carbocycles. The monoisotopic (exact) mass is 493 g/mol. The van der Waals surface area contributed by atoms with Crippen LogP contribution in [-0.4, -0.2) is 30.1 Å². The molecule has 188 valence electrons. The van der Waals surface area contributed by atoms with Gasteiger partial charge in [0, 0.05) is 12.6 Å². The molecule has 0 N–H and O–H groups in total. The lowest BCUT2D eigenvalue weighted by atomic mass is 9.94. The summed E-state index contributed by atoms with van der Waals surface area (Å²) in [6, 6.07) is 37.8. The number of rotatable bonds is 10. The Hall–Kier alpha value is -4.22. The average Bonchev–Trinajstić information content (AvgIpc) is 2.97. The van der Waals surface area contributed by atoms with Crippen molar-refractivity contribution in [1.29, 1.82) is 0 Å². The van der Waals surface area contributed by atoms with Gasteiger partial charge in [-0.1, -0.05) is 109 Å². The summed E-state index contributed by atoms with van der Waals surface area (Å²) in [5.74, 6) is -1.19. The second-order valence-electron chi connectivity index (χ2n) is 8.82. The van der Waals surface area contributed by atoms with E-state index < -0.39 is 24.1 Å². The lowest BCUT2D eigenvalue weighted by Crippen LogP contribution is -2.44. The van der Waals surface area contributed by atoms with Crippen molar-refractivity contribution >= 4 is 11.9 Å². The van der Waals surface area contributed by atoms with Gasteiger partial charge in [-0.15, -0.1) is 0 Å². The van der Waals surface area contributed by atoms with E-state index in [1.54, 1.807) is 24.3 Å². The zero-order valence-corrected chi connectivity index (χ0v) is 21.1. The minimum atomic E-state index is -1.20. The third-order valence-corrected chi connectivity index (χ3v) is 6.45. The van der Waals surface area contributed by atoms with Gasteiger partial charge in [0.05, 0.1) is 18.7 Å². The van der Waals surface area contributed by atoms with Crippen molar-refractivity contribution in [3.63, 3.8) is 0 Å². The van der Waals surface area contributed by atoms with Gasteiger partial charge < -0.3 is 9.47 Å². The van der Waals surface area contributed by atoms with Crippen LogP contribution in [0.1, 0.15) is 46.1 Å². The highest BCUT2D eigenvalue weighted by molar-refractivity contribution is 5.91. The van der Waals surface area contributed by atoms with Crippen molar-refractivity contribution in [3.8, 4) is 0 Å². The van der Waals surface area contributed by atoms with E-state index >= 15 is 0 Å². The zero-order valence-electron chi connectivity index (χ0n) is 21.1. The van der Waals surface area contributed by atoms with Gasteiger partial charge >= 0.3 is 11.9 Å². The van der Waals surface area contributed by atoms with Crippen molar-refractivity contribution in [2.45, 2.75) is 31.7 Å². The smallest absolute Gasteiger partial charge is 0.349 e. The summed E-state index contributed by atoms with van der Waals surface area (Å²) >= 11 is 0. The summed E-state index contributed by atoms with van der Waals surface area (Å²) in [5.41, 5.74) is 3.37. The summed E-state index contributed by atoms with van der Waals surface area (Å²) in [6.07, 6.45) is -1.20. The molecule has 0 aliphatic rings. The number of carbonyl (C=O) groups excluding carboxylic acids is 2. The molecule has 4 aromatic carbocycles. The Bertz CT molecular complexity index is 1260. The Balaban J connectivity index is 1.82.